The molecule has 1 fully saturated rings. The first-order valence-corrected chi connectivity index (χ1v) is 5.83. The zero-order valence-electron chi connectivity index (χ0n) is 9.19. The Morgan fingerprint density at radius 1 is 0.875 bits per heavy atom. The van der Waals surface area contributed by atoms with Gasteiger partial charge in [-0.3, -0.25) is 0 Å². The minimum Gasteiger partial charge on any atom is -0.310 e. The number of hydrogen-bond donors (Lipinski definition) is 1. The van der Waals surface area contributed by atoms with Crippen molar-refractivity contribution in [2.75, 3.05) is 6.54 Å². The smallest absolute Gasteiger partial charge is 0.0338 e. The van der Waals surface area contributed by atoms with Crippen molar-refractivity contribution in [2.45, 2.75) is 12.5 Å². The van der Waals surface area contributed by atoms with E-state index in [-0.39, 0.29) is 0 Å². The van der Waals surface area contributed by atoms with Crippen LogP contribution in [0.1, 0.15) is 18.0 Å². The molecule has 1 N–H and O–H groups in total. The third-order valence-corrected chi connectivity index (χ3v) is 3.24. The molecule has 80 valence electrons. The molecule has 3 rings (SSSR count). The van der Waals surface area contributed by atoms with Gasteiger partial charge in [-0.15, -0.1) is 0 Å². The molecular weight excluding hydrogens is 194 g/mol. The molecule has 1 heteroatoms. The summed E-state index contributed by atoms with van der Waals surface area (Å²) in [5.74, 6) is 0. The van der Waals surface area contributed by atoms with E-state index in [1.54, 1.807) is 0 Å². The van der Waals surface area contributed by atoms with Gasteiger partial charge in [0, 0.05) is 6.04 Å². The molecule has 16 heavy (non-hydrogen) atoms. The van der Waals surface area contributed by atoms with Crippen molar-refractivity contribution in [3.05, 3.63) is 60.2 Å². The van der Waals surface area contributed by atoms with Crippen molar-refractivity contribution < 1.29 is 0 Å². The van der Waals surface area contributed by atoms with E-state index >= 15 is 0 Å². The summed E-state index contributed by atoms with van der Waals surface area (Å²) < 4.78 is 0. The Morgan fingerprint density at radius 2 is 1.56 bits per heavy atom. The summed E-state index contributed by atoms with van der Waals surface area (Å²) >= 11 is 0. The molecule has 0 radical (unpaired) electrons. The molecule has 1 nitrogen and oxygen atoms in total. The third-order valence-electron chi connectivity index (χ3n) is 3.24. The minimum absolute atomic E-state index is 0.552. The fourth-order valence-corrected chi connectivity index (χ4v) is 2.24. The van der Waals surface area contributed by atoms with Crippen LogP contribution >= 0.6 is 0 Å². The Morgan fingerprint density at radius 3 is 2.25 bits per heavy atom. The van der Waals surface area contributed by atoms with Crippen LogP contribution in [0.2, 0.25) is 0 Å². The maximum Gasteiger partial charge on any atom is 0.0338 e. The molecule has 1 aliphatic rings. The molecule has 0 saturated carbocycles. The van der Waals surface area contributed by atoms with Gasteiger partial charge in [-0.2, -0.15) is 0 Å². The lowest BCUT2D eigenvalue weighted by Crippen LogP contribution is -2.35. The predicted molar refractivity (Wildman–Crippen MR) is 67.2 cm³/mol. The molecule has 1 heterocycles. The van der Waals surface area contributed by atoms with Gasteiger partial charge in [0.2, 0.25) is 0 Å². The van der Waals surface area contributed by atoms with Crippen LogP contribution in [0.25, 0.3) is 11.1 Å². The number of benzene rings is 2. The van der Waals surface area contributed by atoms with Crippen molar-refractivity contribution in [1.29, 1.82) is 0 Å². The second-order valence-electron chi connectivity index (χ2n) is 4.25. The van der Waals surface area contributed by atoms with E-state index in [0.717, 1.165) is 6.54 Å². The average Bonchev–Trinajstić information content (AvgIpc) is 2.29. The van der Waals surface area contributed by atoms with Gasteiger partial charge in [-0.05, 0) is 29.7 Å². The van der Waals surface area contributed by atoms with Crippen LogP contribution in [0, 0.1) is 0 Å². The Bertz CT molecular complexity index is 472. The monoisotopic (exact) mass is 209 g/mol. The minimum atomic E-state index is 0.552. The van der Waals surface area contributed by atoms with Gasteiger partial charge in [0.1, 0.15) is 0 Å². The van der Waals surface area contributed by atoms with Crippen molar-refractivity contribution in [2.24, 2.45) is 0 Å². The molecule has 1 saturated heterocycles. The maximum atomic E-state index is 3.47. The summed E-state index contributed by atoms with van der Waals surface area (Å²) in [5.41, 5.74) is 4.10. The zero-order valence-corrected chi connectivity index (χ0v) is 9.19. The summed E-state index contributed by atoms with van der Waals surface area (Å²) in [6.45, 7) is 1.15. The average molecular weight is 209 g/mol. The van der Waals surface area contributed by atoms with Crippen LogP contribution in [0.4, 0.5) is 0 Å². The Labute approximate surface area is 96.1 Å². The maximum absolute atomic E-state index is 3.47. The standard InChI is InChI=1S/C15H15N/c1-2-6-12(7-3-1)13-8-4-5-9-14(13)15-10-11-16-15/h1-9,15-16H,10-11H2. The van der Waals surface area contributed by atoms with E-state index in [4.69, 9.17) is 0 Å². The summed E-state index contributed by atoms with van der Waals surface area (Å²) in [6.07, 6.45) is 1.25. The SMILES string of the molecule is c1ccc(-c2ccccc2C2CCN2)cc1. The lowest BCUT2D eigenvalue weighted by Gasteiger charge is -2.30. The van der Waals surface area contributed by atoms with Crippen LogP contribution < -0.4 is 5.32 Å². The largest absolute Gasteiger partial charge is 0.310 e. The number of nitrogens with one attached hydrogen (secondary N) is 1. The molecule has 0 spiro atoms. The van der Waals surface area contributed by atoms with Gasteiger partial charge < -0.3 is 5.32 Å². The Balaban J connectivity index is 2.06. The van der Waals surface area contributed by atoms with E-state index in [1.807, 2.05) is 0 Å². The van der Waals surface area contributed by atoms with E-state index in [2.05, 4.69) is 59.9 Å². The van der Waals surface area contributed by atoms with Crippen molar-refractivity contribution in [1.82, 2.24) is 5.32 Å². The molecule has 1 atom stereocenters. The van der Waals surface area contributed by atoms with Gasteiger partial charge in [-0.1, -0.05) is 54.6 Å². The molecule has 2 aromatic rings. The molecule has 1 aliphatic heterocycles. The van der Waals surface area contributed by atoms with Crippen LogP contribution in [0.15, 0.2) is 54.6 Å². The first-order chi connectivity index (χ1) is 7.95. The second-order valence-corrected chi connectivity index (χ2v) is 4.25. The molecule has 0 aliphatic carbocycles. The highest BCUT2D eigenvalue weighted by molar-refractivity contribution is 5.68. The molecule has 2 aromatic carbocycles. The van der Waals surface area contributed by atoms with Crippen molar-refractivity contribution in [3.63, 3.8) is 0 Å². The highest BCUT2D eigenvalue weighted by Gasteiger charge is 2.20. The Hall–Kier alpha value is -1.60. The summed E-state index contributed by atoms with van der Waals surface area (Å²) in [6, 6.07) is 19.9. The summed E-state index contributed by atoms with van der Waals surface area (Å²) in [4.78, 5) is 0. The van der Waals surface area contributed by atoms with Gasteiger partial charge >= 0.3 is 0 Å². The lowest BCUT2D eigenvalue weighted by molar-refractivity contribution is 0.384. The number of rotatable bonds is 2. The van der Waals surface area contributed by atoms with Crippen LogP contribution in [0.5, 0.6) is 0 Å². The van der Waals surface area contributed by atoms with Gasteiger partial charge in [-0.25, -0.2) is 0 Å². The highest BCUT2D eigenvalue weighted by atomic mass is 15.0. The van der Waals surface area contributed by atoms with Crippen LogP contribution in [0.3, 0.4) is 0 Å². The first kappa shape index (κ1) is 9.61. The normalized spacial score (nSPS) is 19.1. The molecule has 0 amide bonds. The molecule has 0 bridgehead atoms. The van der Waals surface area contributed by atoms with Gasteiger partial charge in [0.05, 0.1) is 0 Å². The first-order valence-electron chi connectivity index (χ1n) is 5.83. The van der Waals surface area contributed by atoms with Crippen molar-refractivity contribution >= 4 is 0 Å². The summed E-state index contributed by atoms with van der Waals surface area (Å²) in [7, 11) is 0. The van der Waals surface area contributed by atoms with Gasteiger partial charge in [0.25, 0.3) is 0 Å². The van der Waals surface area contributed by atoms with Crippen LogP contribution in [-0.4, -0.2) is 6.54 Å². The second kappa shape index (κ2) is 4.11. The van der Waals surface area contributed by atoms with Gasteiger partial charge in [0.15, 0.2) is 0 Å². The molecule has 1 unspecified atom stereocenters. The number of hydrogen-bond acceptors (Lipinski definition) is 1. The lowest BCUT2D eigenvalue weighted by atomic mass is 9.90. The van der Waals surface area contributed by atoms with Crippen LogP contribution in [-0.2, 0) is 0 Å². The van der Waals surface area contributed by atoms with Crippen molar-refractivity contribution in [3.8, 4) is 11.1 Å². The topological polar surface area (TPSA) is 12.0 Å². The zero-order chi connectivity index (χ0) is 10.8. The third kappa shape index (κ3) is 1.63. The van der Waals surface area contributed by atoms with E-state index in [9.17, 15) is 0 Å². The quantitative estimate of drug-likeness (QED) is 0.799. The van der Waals surface area contributed by atoms with E-state index < -0.39 is 0 Å². The fourth-order valence-electron chi connectivity index (χ4n) is 2.24. The highest BCUT2D eigenvalue weighted by Crippen LogP contribution is 2.32. The molecular formula is C15H15N. The van der Waals surface area contributed by atoms with E-state index in [0.29, 0.717) is 6.04 Å². The van der Waals surface area contributed by atoms with E-state index in [1.165, 1.54) is 23.1 Å². The summed E-state index contributed by atoms with van der Waals surface area (Å²) in [5, 5.41) is 3.47. The fraction of sp³-hybridized carbons (Fsp3) is 0.200. The molecule has 0 aromatic heterocycles. The Kier molecular flexibility index (Phi) is 2.47. The predicted octanol–water partition coefficient (Wildman–Crippen LogP) is 3.39.